The van der Waals surface area contributed by atoms with E-state index in [0.29, 0.717) is 17.2 Å². The highest BCUT2D eigenvalue weighted by atomic mass is 16.1. The van der Waals surface area contributed by atoms with E-state index in [-0.39, 0.29) is 5.91 Å². The van der Waals surface area contributed by atoms with Crippen molar-refractivity contribution in [2.24, 2.45) is 0 Å². The number of nitrogens with one attached hydrogen (secondary N) is 1. The van der Waals surface area contributed by atoms with E-state index in [9.17, 15) is 4.79 Å². The number of anilines is 2. The lowest BCUT2D eigenvalue weighted by Crippen LogP contribution is -2.16. The molecule has 0 unspecified atom stereocenters. The number of hydrogen-bond acceptors (Lipinski definition) is 4. The predicted molar refractivity (Wildman–Crippen MR) is 117 cm³/mol. The number of benzene rings is 2. The highest BCUT2D eigenvalue weighted by molar-refractivity contribution is 6.04. The summed E-state index contributed by atoms with van der Waals surface area (Å²) in [6.45, 7) is 3.94. The smallest absolute Gasteiger partial charge is 0.256 e. The van der Waals surface area contributed by atoms with Crippen LogP contribution in [-0.4, -0.2) is 34.8 Å². The number of pyridine rings is 1. The molecule has 0 aliphatic carbocycles. The number of aromatic nitrogens is 3. The monoisotopic (exact) mass is 385 g/mol. The van der Waals surface area contributed by atoms with Crippen LogP contribution in [-0.2, 0) is 0 Å². The standard InChI is InChI=1S/C23H23N5O/c1-15-13-21(24-20-8-6-5-7-19(15)20)28-22(14-16(2)26-28)25-23(29)17-9-11-18(12-10-17)27(3)4/h5-14H,1-4H3,(H,25,29). The summed E-state index contributed by atoms with van der Waals surface area (Å²) in [5, 5.41) is 8.62. The minimum atomic E-state index is -0.186. The average Bonchev–Trinajstić information content (AvgIpc) is 3.08. The summed E-state index contributed by atoms with van der Waals surface area (Å²) >= 11 is 0. The zero-order valence-corrected chi connectivity index (χ0v) is 17.0. The van der Waals surface area contributed by atoms with Crippen LogP contribution >= 0.6 is 0 Å². The van der Waals surface area contributed by atoms with Crippen LogP contribution in [0.2, 0.25) is 0 Å². The van der Waals surface area contributed by atoms with Gasteiger partial charge in [0, 0.05) is 36.8 Å². The van der Waals surface area contributed by atoms with Gasteiger partial charge in [-0.05, 0) is 55.8 Å². The molecule has 2 aromatic carbocycles. The molecule has 0 saturated carbocycles. The summed E-state index contributed by atoms with van der Waals surface area (Å²) < 4.78 is 1.68. The first kappa shape index (κ1) is 18.7. The van der Waals surface area contributed by atoms with Gasteiger partial charge in [-0.25, -0.2) is 4.98 Å². The second-order valence-electron chi connectivity index (χ2n) is 7.29. The third kappa shape index (κ3) is 3.69. The summed E-state index contributed by atoms with van der Waals surface area (Å²) in [4.78, 5) is 19.5. The van der Waals surface area contributed by atoms with Crippen LogP contribution in [0.5, 0.6) is 0 Å². The SMILES string of the molecule is Cc1cc(NC(=O)c2ccc(N(C)C)cc2)n(-c2cc(C)c3ccccc3n2)n1. The van der Waals surface area contributed by atoms with Crippen molar-refractivity contribution in [1.29, 1.82) is 0 Å². The topological polar surface area (TPSA) is 63.1 Å². The number of rotatable bonds is 4. The van der Waals surface area contributed by atoms with Crippen LogP contribution < -0.4 is 10.2 Å². The zero-order valence-electron chi connectivity index (χ0n) is 17.0. The Balaban J connectivity index is 1.68. The van der Waals surface area contributed by atoms with Gasteiger partial charge in [-0.15, -0.1) is 0 Å². The van der Waals surface area contributed by atoms with Gasteiger partial charge in [0.05, 0.1) is 11.2 Å². The molecule has 0 saturated heterocycles. The first-order chi connectivity index (χ1) is 13.9. The van der Waals surface area contributed by atoms with Gasteiger partial charge in [0.2, 0.25) is 0 Å². The average molecular weight is 385 g/mol. The van der Waals surface area contributed by atoms with Crippen molar-refractivity contribution < 1.29 is 4.79 Å². The molecule has 0 bridgehead atoms. The van der Waals surface area contributed by atoms with Gasteiger partial charge in [-0.3, -0.25) is 4.79 Å². The van der Waals surface area contributed by atoms with E-state index in [1.165, 1.54) is 0 Å². The molecular weight excluding hydrogens is 362 g/mol. The zero-order chi connectivity index (χ0) is 20.5. The van der Waals surface area contributed by atoms with Gasteiger partial charge in [-0.1, -0.05) is 18.2 Å². The van der Waals surface area contributed by atoms with E-state index in [2.05, 4.69) is 23.4 Å². The van der Waals surface area contributed by atoms with Gasteiger partial charge in [0.15, 0.2) is 5.82 Å². The molecule has 1 N–H and O–H groups in total. The van der Waals surface area contributed by atoms with Crippen LogP contribution in [0.4, 0.5) is 11.5 Å². The highest BCUT2D eigenvalue weighted by Crippen LogP contribution is 2.23. The molecule has 4 rings (SSSR count). The Morgan fingerprint density at radius 2 is 1.72 bits per heavy atom. The quantitative estimate of drug-likeness (QED) is 0.567. The minimum absolute atomic E-state index is 0.186. The third-order valence-electron chi connectivity index (χ3n) is 4.85. The molecular formula is C23H23N5O. The summed E-state index contributed by atoms with van der Waals surface area (Å²) in [6, 6.07) is 19.3. The fraction of sp³-hybridized carbons (Fsp3) is 0.174. The lowest BCUT2D eigenvalue weighted by Gasteiger charge is -2.13. The second kappa shape index (κ2) is 7.39. The Bertz CT molecular complexity index is 1190. The molecule has 0 fully saturated rings. The van der Waals surface area contributed by atoms with Crippen LogP contribution in [0.25, 0.3) is 16.7 Å². The van der Waals surface area contributed by atoms with Gasteiger partial charge in [-0.2, -0.15) is 9.78 Å². The van der Waals surface area contributed by atoms with Gasteiger partial charge >= 0.3 is 0 Å². The number of carbonyl (C=O) groups excluding carboxylic acids is 1. The van der Waals surface area contributed by atoms with Crippen molar-refractivity contribution in [3.05, 3.63) is 77.5 Å². The lowest BCUT2D eigenvalue weighted by molar-refractivity contribution is 0.102. The molecule has 4 aromatic rings. The maximum absolute atomic E-state index is 12.8. The Kier molecular flexibility index (Phi) is 4.76. The second-order valence-corrected chi connectivity index (χ2v) is 7.29. The highest BCUT2D eigenvalue weighted by Gasteiger charge is 2.14. The number of carbonyl (C=O) groups is 1. The largest absolute Gasteiger partial charge is 0.378 e. The molecule has 6 heteroatoms. The maximum atomic E-state index is 12.8. The Hall–Kier alpha value is -3.67. The van der Waals surface area contributed by atoms with Crippen molar-refractivity contribution in [1.82, 2.24) is 14.8 Å². The molecule has 0 spiro atoms. The van der Waals surface area contributed by atoms with E-state index in [0.717, 1.165) is 27.8 Å². The van der Waals surface area contributed by atoms with E-state index in [1.807, 2.05) is 80.5 Å². The van der Waals surface area contributed by atoms with Crippen LogP contribution in [0.15, 0.2) is 60.7 Å². The van der Waals surface area contributed by atoms with E-state index in [1.54, 1.807) is 4.68 Å². The first-order valence-corrected chi connectivity index (χ1v) is 9.44. The van der Waals surface area contributed by atoms with Gasteiger partial charge < -0.3 is 10.2 Å². The van der Waals surface area contributed by atoms with Gasteiger partial charge in [0.25, 0.3) is 5.91 Å². The number of nitrogens with zero attached hydrogens (tertiary/aromatic N) is 4. The molecule has 0 radical (unpaired) electrons. The fourth-order valence-corrected chi connectivity index (χ4v) is 3.30. The number of para-hydroxylation sites is 1. The third-order valence-corrected chi connectivity index (χ3v) is 4.85. The van der Waals surface area contributed by atoms with Crippen molar-refractivity contribution >= 4 is 28.3 Å². The summed E-state index contributed by atoms with van der Waals surface area (Å²) in [6.07, 6.45) is 0. The Morgan fingerprint density at radius 1 is 1.00 bits per heavy atom. The molecule has 29 heavy (non-hydrogen) atoms. The molecule has 6 nitrogen and oxygen atoms in total. The predicted octanol–water partition coefficient (Wildman–Crippen LogP) is 4.36. The Labute approximate surface area is 169 Å². The Morgan fingerprint density at radius 3 is 2.45 bits per heavy atom. The van der Waals surface area contributed by atoms with Gasteiger partial charge in [0.1, 0.15) is 5.82 Å². The van der Waals surface area contributed by atoms with Crippen molar-refractivity contribution in [3.8, 4) is 5.82 Å². The van der Waals surface area contributed by atoms with Crippen molar-refractivity contribution in [3.63, 3.8) is 0 Å². The molecule has 2 heterocycles. The molecule has 0 aliphatic heterocycles. The fourth-order valence-electron chi connectivity index (χ4n) is 3.30. The summed E-state index contributed by atoms with van der Waals surface area (Å²) in [5.74, 6) is 1.08. The maximum Gasteiger partial charge on any atom is 0.256 e. The van der Waals surface area contributed by atoms with Crippen molar-refractivity contribution in [2.75, 3.05) is 24.3 Å². The minimum Gasteiger partial charge on any atom is -0.378 e. The van der Waals surface area contributed by atoms with E-state index >= 15 is 0 Å². The number of hydrogen-bond donors (Lipinski definition) is 1. The molecule has 0 aliphatic rings. The number of fused-ring (bicyclic) bond motifs is 1. The van der Waals surface area contributed by atoms with Crippen LogP contribution in [0.1, 0.15) is 21.6 Å². The molecule has 0 atom stereocenters. The molecule has 2 aromatic heterocycles. The molecule has 146 valence electrons. The number of aryl methyl sites for hydroxylation is 2. The normalized spacial score (nSPS) is 10.9. The summed E-state index contributed by atoms with van der Waals surface area (Å²) in [5.41, 5.74) is 4.43. The van der Waals surface area contributed by atoms with Crippen molar-refractivity contribution in [2.45, 2.75) is 13.8 Å². The van der Waals surface area contributed by atoms with Crippen LogP contribution in [0.3, 0.4) is 0 Å². The lowest BCUT2D eigenvalue weighted by atomic mass is 10.1. The van der Waals surface area contributed by atoms with Crippen LogP contribution in [0, 0.1) is 13.8 Å². The molecule has 1 amide bonds. The summed E-state index contributed by atoms with van der Waals surface area (Å²) in [7, 11) is 3.93. The first-order valence-electron chi connectivity index (χ1n) is 9.44. The number of amides is 1. The van der Waals surface area contributed by atoms with E-state index in [4.69, 9.17) is 4.98 Å². The van der Waals surface area contributed by atoms with E-state index < -0.39 is 0 Å².